The molecule has 164 valence electrons. The minimum absolute atomic E-state index is 0.0248. The van der Waals surface area contributed by atoms with Crippen molar-refractivity contribution >= 4 is 0 Å². The van der Waals surface area contributed by atoms with E-state index in [-0.39, 0.29) is 11.1 Å². The zero-order valence-corrected chi connectivity index (χ0v) is 18.4. The lowest BCUT2D eigenvalue weighted by atomic mass is 10.2. The van der Waals surface area contributed by atoms with Crippen LogP contribution in [0, 0.1) is 13.8 Å². The number of nitrogens with zero attached hydrogens (tertiary/aromatic N) is 7. The highest BCUT2D eigenvalue weighted by atomic mass is 16.1. The molecule has 0 saturated carbocycles. The van der Waals surface area contributed by atoms with Crippen LogP contribution >= 0.6 is 0 Å². The van der Waals surface area contributed by atoms with E-state index in [1.807, 2.05) is 32.2 Å². The molecule has 1 aliphatic heterocycles. The zero-order valence-electron chi connectivity index (χ0n) is 18.4. The summed E-state index contributed by atoms with van der Waals surface area (Å²) in [6.07, 6.45) is 1.82. The number of piperazine rings is 1. The van der Waals surface area contributed by atoms with Gasteiger partial charge in [-0.1, -0.05) is 0 Å². The molecule has 1 fully saturated rings. The van der Waals surface area contributed by atoms with Crippen LogP contribution in [0.15, 0.2) is 46.1 Å². The number of aromatic nitrogens is 5. The Bertz CT molecular complexity index is 1170. The van der Waals surface area contributed by atoms with Crippen LogP contribution in [0.4, 0.5) is 0 Å². The first-order chi connectivity index (χ1) is 14.9. The van der Waals surface area contributed by atoms with Crippen LogP contribution in [-0.2, 0) is 20.1 Å². The maximum absolute atomic E-state index is 12.3. The van der Waals surface area contributed by atoms with Gasteiger partial charge in [0.25, 0.3) is 11.1 Å². The van der Waals surface area contributed by atoms with Crippen LogP contribution in [0.2, 0.25) is 0 Å². The van der Waals surface area contributed by atoms with Gasteiger partial charge in [-0.3, -0.25) is 19.4 Å². The molecule has 0 N–H and O–H groups in total. The van der Waals surface area contributed by atoms with E-state index in [4.69, 9.17) is 0 Å². The fraction of sp³-hybridized carbons (Fsp3) is 0.455. The summed E-state index contributed by atoms with van der Waals surface area (Å²) >= 11 is 0. The Morgan fingerprint density at radius 1 is 0.871 bits per heavy atom. The molecule has 9 heteroatoms. The van der Waals surface area contributed by atoms with Gasteiger partial charge >= 0.3 is 0 Å². The maximum Gasteiger partial charge on any atom is 0.266 e. The highest BCUT2D eigenvalue weighted by Gasteiger charge is 2.17. The second-order valence-electron chi connectivity index (χ2n) is 8.19. The molecule has 0 radical (unpaired) electrons. The van der Waals surface area contributed by atoms with Crippen molar-refractivity contribution in [1.82, 2.24) is 33.9 Å². The smallest absolute Gasteiger partial charge is 0.266 e. The molecule has 0 bridgehead atoms. The Morgan fingerprint density at radius 2 is 1.61 bits per heavy atom. The van der Waals surface area contributed by atoms with Gasteiger partial charge in [0.15, 0.2) is 5.82 Å². The van der Waals surface area contributed by atoms with E-state index in [1.165, 1.54) is 4.68 Å². The molecule has 0 amide bonds. The molecule has 0 aromatic carbocycles. The number of pyridine rings is 1. The van der Waals surface area contributed by atoms with E-state index in [9.17, 15) is 9.59 Å². The van der Waals surface area contributed by atoms with E-state index in [0.717, 1.165) is 56.2 Å². The lowest BCUT2D eigenvalue weighted by Gasteiger charge is -2.34. The number of aryl methyl sites for hydroxylation is 3. The van der Waals surface area contributed by atoms with Gasteiger partial charge in [-0.25, -0.2) is 9.36 Å². The average Bonchev–Trinajstić information content (AvgIpc) is 3.09. The molecule has 1 saturated heterocycles. The van der Waals surface area contributed by atoms with Crippen molar-refractivity contribution in [1.29, 1.82) is 0 Å². The third-order valence-corrected chi connectivity index (χ3v) is 5.75. The van der Waals surface area contributed by atoms with Gasteiger partial charge < -0.3 is 4.57 Å². The molecule has 0 spiro atoms. The molecule has 0 unspecified atom stereocenters. The topological polar surface area (TPSA) is 81.2 Å². The summed E-state index contributed by atoms with van der Waals surface area (Å²) in [6.45, 7) is 9.74. The van der Waals surface area contributed by atoms with Gasteiger partial charge in [0, 0.05) is 70.3 Å². The highest BCUT2D eigenvalue weighted by Crippen LogP contribution is 2.09. The fourth-order valence-corrected chi connectivity index (χ4v) is 3.93. The molecule has 9 nitrogen and oxygen atoms in total. The maximum atomic E-state index is 12.3. The van der Waals surface area contributed by atoms with Crippen LogP contribution in [0.5, 0.6) is 0 Å². The molecular formula is C22H29N7O2. The quantitative estimate of drug-likeness (QED) is 0.576. The SMILES string of the molecule is Cc1cc(C)n(-c2ccc(=O)n(CCN3CCN(Cc4ccn(C)c(=O)c4)CC3)n2)n1. The Labute approximate surface area is 181 Å². The number of hydrogen-bond acceptors (Lipinski definition) is 6. The minimum atomic E-state index is -0.102. The van der Waals surface area contributed by atoms with Crippen molar-refractivity contribution in [2.75, 3.05) is 32.7 Å². The largest absolute Gasteiger partial charge is 0.319 e. The van der Waals surface area contributed by atoms with Gasteiger partial charge in [-0.2, -0.15) is 5.10 Å². The second-order valence-corrected chi connectivity index (χ2v) is 8.19. The molecule has 3 aromatic rings. The third-order valence-electron chi connectivity index (χ3n) is 5.75. The van der Waals surface area contributed by atoms with Crippen LogP contribution in [0.3, 0.4) is 0 Å². The number of hydrogen-bond donors (Lipinski definition) is 0. The van der Waals surface area contributed by atoms with Gasteiger partial charge in [-0.15, -0.1) is 5.10 Å². The molecule has 3 aromatic heterocycles. The summed E-state index contributed by atoms with van der Waals surface area (Å²) < 4.78 is 4.88. The monoisotopic (exact) mass is 423 g/mol. The molecule has 0 aliphatic carbocycles. The summed E-state index contributed by atoms with van der Waals surface area (Å²) in [4.78, 5) is 28.8. The zero-order chi connectivity index (χ0) is 22.0. The van der Waals surface area contributed by atoms with Crippen molar-refractivity contribution in [2.24, 2.45) is 7.05 Å². The predicted octanol–water partition coefficient (Wildman–Crippen LogP) is 0.562. The summed E-state index contributed by atoms with van der Waals surface area (Å²) in [5, 5.41) is 8.98. The van der Waals surface area contributed by atoms with Gasteiger partial charge in [0.05, 0.1) is 12.2 Å². The molecule has 4 heterocycles. The van der Waals surface area contributed by atoms with Gasteiger partial charge in [0.1, 0.15) is 0 Å². The van der Waals surface area contributed by atoms with E-state index in [1.54, 1.807) is 34.5 Å². The van der Waals surface area contributed by atoms with Crippen LogP contribution in [0.1, 0.15) is 17.0 Å². The molecule has 1 aliphatic rings. The van der Waals surface area contributed by atoms with Crippen LogP contribution in [-0.4, -0.2) is 66.7 Å². The van der Waals surface area contributed by atoms with Crippen molar-refractivity contribution in [3.63, 3.8) is 0 Å². The minimum Gasteiger partial charge on any atom is -0.319 e. The summed E-state index contributed by atoms with van der Waals surface area (Å²) in [7, 11) is 1.76. The third kappa shape index (κ3) is 5.00. The van der Waals surface area contributed by atoms with Gasteiger partial charge in [0.2, 0.25) is 0 Å². The normalized spacial score (nSPS) is 15.5. The van der Waals surface area contributed by atoms with E-state index in [2.05, 4.69) is 20.0 Å². The first kappa shape index (κ1) is 21.2. The summed E-state index contributed by atoms with van der Waals surface area (Å²) in [5.74, 6) is 0.657. The average molecular weight is 424 g/mol. The van der Waals surface area contributed by atoms with Crippen molar-refractivity contribution in [3.8, 4) is 5.82 Å². The van der Waals surface area contributed by atoms with Crippen molar-refractivity contribution in [2.45, 2.75) is 26.9 Å². The summed E-state index contributed by atoms with van der Waals surface area (Å²) in [6, 6.07) is 8.97. The lowest BCUT2D eigenvalue weighted by Crippen LogP contribution is -2.47. The Balaban J connectivity index is 1.33. The van der Waals surface area contributed by atoms with Crippen molar-refractivity contribution in [3.05, 3.63) is 74.2 Å². The molecule has 31 heavy (non-hydrogen) atoms. The Morgan fingerprint density at radius 3 is 2.29 bits per heavy atom. The lowest BCUT2D eigenvalue weighted by molar-refractivity contribution is 0.122. The second kappa shape index (κ2) is 8.99. The first-order valence-electron chi connectivity index (χ1n) is 10.6. The van der Waals surface area contributed by atoms with Crippen LogP contribution < -0.4 is 11.1 Å². The van der Waals surface area contributed by atoms with Crippen LogP contribution in [0.25, 0.3) is 5.82 Å². The Kier molecular flexibility index (Phi) is 6.15. The van der Waals surface area contributed by atoms with E-state index in [0.29, 0.717) is 12.4 Å². The standard InChI is InChI=1S/C22H29N7O2/c1-17-14-18(2)29(23-17)20-4-5-21(30)28(24-20)13-12-26-8-10-27(11-9-26)16-19-6-7-25(3)22(31)15-19/h4-7,14-15H,8-13,16H2,1-3H3. The predicted molar refractivity (Wildman–Crippen MR) is 118 cm³/mol. The highest BCUT2D eigenvalue weighted by molar-refractivity contribution is 5.23. The molecule has 4 rings (SSSR count). The van der Waals surface area contributed by atoms with E-state index < -0.39 is 0 Å². The van der Waals surface area contributed by atoms with Crippen molar-refractivity contribution < 1.29 is 0 Å². The first-order valence-corrected chi connectivity index (χ1v) is 10.6. The molecular weight excluding hydrogens is 394 g/mol. The fourth-order valence-electron chi connectivity index (χ4n) is 3.93. The Hall–Kier alpha value is -3.04. The number of rotatable bonds is 6. The summed E-state index contributed by atoms with van der Waals surface area (Å²) in [5.41, 5.74) is 2.88. The molecule has 0 atom stereocenters. The van der Waals surface area contributed by atoms with Gasteiger partial charge in [-0.05, 0) is 37.6 Å². The van der Waals surface area contributed by atoms with E-state index >= 15 is 0 Å².